The molecule has 1 aromatic heterocycles. The van der Waals surface area contributed by atoms with Crippen LogP contribution in [0.25, 0.3) is 11.1 Å². The van der Waals surface area contributed by atoms with E-state index in [1.165, 1.54) is 23.9 Å². The van der Waals surface area contributed by atoms with Crippen LogP contribution >= 0.6 is 0 Å². The minimum absolute atomic E-state index is 0.299. The summed E-state index contributed by atoms with van der Waals surface area (Å²) in [4.78, 5) is 6.49. The highest BCUT2D eigenvalue weighted by Crippen LogP contribution is 2.23. The number of ether oxygens (including phenoxy) is 1. The van der Waals surface area contributed by atoms with Crippen LogP contribution in [-0.2, 0) is 11.3 Å². The van der Waals surface area contributed by atoms with Gasteiger partial charge in [0, 0.05) is 32.5 Å². The number of nitrogens with zero attached hydrogens (tertiary/aromatic N) is 4. The maximum atomic E-state index is 14.3. The highest BCUT2D eigenvalue weighted by molar-refractivity contribution is 5.97. The van der Waals surface area contributed by atoms with E-state index in [0.29, 0.717) is 22.9 Å². The van der Waals surface area contributed by atoms with Gasteiger partial charge in [-0.05, 0) is 43.4 Å². The molecule has 0 saturated heterocycles. The Bertz CT molecular complexity index is 1020. The number of hydrogen-bond donors (Lipinski definition) is 3. The Morgan fingerprint density at radius 1 is 1.22 bits per heavy atom. The second kappa shape index (κ2) is 10.5. The summed E-state index contributed by atoms with van der Waals surface area (Å²) >= 11 is 0. The molecule has 2 atom stereocenters. The van der Waals surface area contributed by atoms with E-state index >= 15 is 0 Å². The molecule has 0 amide bonds. The van der Waals surface area contributed by atoms with Crippen molar-refractivity contribution in [3.8, 4) is 11.1 Å². The number of hydrazine groups is 1. The number of pyridine rings is 1. The zero-order valence-electron chi connectivity index (χ0n) is 18.9. The van der Waals surface area contributed by atoms with Crippen molar-refractivity contribution in [3.05, 3.63) is 71.6 Å². The third kappa shape index (κ3) is 5.77. The largest absolute Gasteiger partial charge is 0.383 e. The fourth-order valence-corrected chi connectivity index (χ4v) is 3.54. The molecule has 1 heterocycles. The lowest BCUT2D eigenvalue weighted by Gasteiger charge is -2.21. The average Bonchev–Trinajstić information content (AvgIpc) is 2.74. The molecule has 2 aromatic rings. The quantitative estimate of drug-likeness (QED) is 0.259. The predicted octanol–water partition coefficient (Wildman–Crippen LogP) is 1.23. The number of nitrogens with two attached hydrogens (primary N) is 3. The van der Waals surface area contributed by atoms with E-state index in [-0.39, 0.29) is 0 Å². The van der Waals surface area contributed by atoms with Gasteiger partial charge in [-0.1, -0.05) is 30.3 Å². The molecular weight excluding hydrogens is 409 g/mol. The first-order valence-corrected chi connectivity index (χ1v) is 10.3. The molecule has 0 fully saturated rings. The molecule has 1 aliphatic carbocycles. The molecule has 0 spiro atoms. The van der Waals surface area contributed by atoms with Gasteiger partial charge in [-0.25, -0.2) is 20.3 Å². The number of halogens is 1. The lowest BCUT2D eigenvalue weighted by molar-refractivity contribution is -0.495. The van der Waals surface area contributed by atoms with Gasteiger partial charge in [0.05, 0.1) is 0 Å². The first-order valence-electron chi connectivity index (χ1n) is 10.3. The summed E-state index contributed by atoms with van der Waals surface area (Å²) in [6.45, 7) is 0.861. The molecule has 0 radical (unpaired) electrons. The highest BCUT2D eigenvalue weighted by atomic mass is 19.1. The topological polar surface area (TPSA) is 110 Å². The maximum Gasteiger partial charge on any atom is 0.258 e. The molecule has 8 nitrogen and oxygen atoms in total. The van der Waals surface area contributed by atoms with Crippen molar-refractivity contribution >= 4 is 11.7 Å². The van der Waals surface area contributed by atoms with Crippen molar-refractivity contribution in [1.29, 1.82) is 0 Å². The van der Waals surface area contributed by atoms with Crippen molar-refractivity contribution in [3.63, 3.8) is 0 Å². The number of hydrogen-bond acceptors (Lipinski definition) is 7. The van der Waals surface area contributed by atoms with Crippen LogP contribution in [0.2, 0.25) is 0 Å². The smallest absolute Gasteiger partial charge is 0.258 e. The number of benzene rings is 1. The third-order valence-corrected chi connectivity index (χ3v) is 5.00. The first kappa shape index (κ1) is 23.6. The van der Waals surface area contributed by atoms with Gasteiger partial charge < -0.3 is 15.4 Å². The Labute approximate surface area is 188 Å². The van der Waals surface area contributed by atoms with Gasteiger partial charge >= 0.3 is 0 Å². The number of alkyl halides is 1. The van der Waals surface area contributed by atoms with E-state index < -0.39 is 12.3 Å². The average molecular weight is 441 g/mol. The number of rotatable bonds is 7. The van der Waals surface area contributed by atoms with Gasteiger partial charge in [0.2, 0.25) is 0 Å². The number of quaternary nitrogens is 1. The second-order valence-electron chi connectivity index (χ2n) is 7.95. The van der Waals surface area contributed by atoms with Crippen molar-refractivity contribution in [2.75, 3.05) is 34.0 Å². The lowest BCUT2D eigenvalue weighted by atomic mass is 10.0. The van der Waals surface area contributed by atoms with Crippen molar-refractivity contribution < 1.29 is 14.4 Å². The summed E-state index contributed by atoms with van der Waals surface area (Å²) in [5.41, 5.74) is 10.5. The van der Waals surface area contributed by atoms with Crippen LogP contribution in [0.5, 0.6) is 0 Å². The maximum absolute atomic E-state index is 14.3. The van der Waals surface area contributed by atoms with Gasteiger partial charge in [-0.3, -0.25) is 5.32 Å². The van der Waals surface area contributed by atoms with E-state index in [2.05, 4.69) is 39.3 Å². The Balaban J connectivity index is 1.96. The van der Waals surface area contributed by atoms with Crippen LogP contribution < -0.4 is 16.9 Å². The van der Waals surface area contributed by atoms with Gasteiger partial charge in [0.25, 0.3) is 5.84 Å². The number of hydrazone groups is 1. The van der Waals surface area contributed by atoms with Gasteiger partial charge in [-0.15, -0.1) is 5.10 Å². The molecule has 6 N–H and O–H groups in total. The number of methoxy groups -OCH3 is 1. The molecule has 0 aliphatic heterocycles. The predicted molar refractivity (Wildman–Crippen MR) is 125 cm³/mol. The summed E-state index contributed by atoms with van der Waals surface area (Å²) in [7, 11) is 7.14. The third-order valence-electron chi connectivity index (χ3n) is 5.00. The highest BCUT2D eigenvalue weighted by Gasteiger charge is 2.30. The SMILES string of the molecule is COC1C([NH2+]/C(=N\N(C)N)c2cc(-c3ccc(CN(C)C)cc3)cnc2N)=CC=CC1F. The Hall–Kier alpha value is -3.11. The number of nitrogen functional groups attached to an aromatic ring is 1. The Morgan fingerprint density at radius 2 is 1.94 bits per heavy atom. The summed E-state index contributed by atoms with van der Waals surface area (Å²) in [6.07, 6.45) is 4.62. The van der Waals surface area contributed by atoms with Crippen LogP contribution in [0.1, 0.15) is 11.1 Å². The van der Waals surface area contributed by atoms with Crippen LogP contribution in [0.3, 0.4) is 0 Å². The summed E-state index contributed by atoms with van der Waals surface area (Å²) < 4.78 is 19.6. The molecule has 9 heteroatoms. The fraction of sp³-hybridized carbons (Fsp3) is 0.304. The van der Waals surface area contributed by atoms with Gasteiger partial charge in [-0.2, -0.15) is 0 Å². The minimum Gasteiger partial charge on any atom is -0.383 e. The standard InChI is InChI=1S/C23H30FN7O/c1-30(2)14-15-8-10-16(11-9-15)17-12-18(22(25)27-13-17)23(29-31(3)26)28-20-7-5-6-19(24)21(20)32-4/h5-13,19,21H,14,26H2,1-4H3,(H2,25,27)(H,28,29)/p+1. The van der Waals surface area contributed by atoms with Crippen molar-refractivity contribution in [2.45, 2.75) is 18.8 Å². The molecule has 1 aliphatic rings. The molecule has 32 heavy (non-hydrogen) atoms. The fourth-order valence-electron chi connectivity index (χ4n) is 3.54. The molecule has 1 aromatic carbocycles. The number of anilines is 1. The monoisotopic (exact) mass is 440 g/mol. The van der Waals surface area contributed by atoms with Crippen molar-refractivity contribution in [1.82, 2.24) is 15.0 Å². The summed E-state index contributed by atoms with van der Waals surface area (Å²) in [5, 5.41) is 7.29. The molecule has 2 unspecified atom stereocenters. The Morgan fingerprint density at radius 3 is 2.56 bits per heavy atom. The van der Waals surface area contributed by atoms with E-state index in [1.807, 2.05) is 20.2 Å². The number of amidine groups is 1. The van der Waals surface area contributed by atoms with Gasteiger partial charge in [0.1, 0.15) is 17.1 Å². The summed E-state index contributed by atoms with van der Waals surface area (Å²) in [6, 6.07) is 10.2. The van der Waals surface area contributed by atoms with Gasteiger partial charge in [0.15, 0.2) is 12.3 Å². The second-order valence-corrected chi connectivity index (χ2v) is 7.95. The number of aromatic nitrogens is 1. The molecule has 0 bridgehead atoms. The van der Waals surface area contributed by atoms with E-state index in [9.17, 15) is 4.39 Å². The first-order chi connectivity index (χ1) is 15.3. The van der Waals surface area contributed by atoms with E-state index in [4.69, 9.17) is 16.3 Å². The zero-order valence-corrected chi connectivity index (χ0v) is 18.9. The number of allylic oxidation sites excluding steroid dienone is 2. The van der Waals surface area contributed by atoms with Crippen LogP contribution in [0, 0.1) is 0 Å². The van der Waals surface area contributed by atoms with E-state index in [1.54, 1.807) is 30.7 Å². The minimum atomic E-state index is -1.25. The zero-order chi connectivity index (χ0) is 23.3. The molecule has 3 rings (SSSR count). The molecule has 0 saturated carbocycles. The van der Waals surface area contributed by atoms with Crippen LogP contribution in [0.15, 0.2) is 65.6 Å². The Kier molecular flexibility index (Phi) is 7.70. The summed E-state index contributed by atoms with van der Waals surface area (Å²) in [5.74, 6) is 6.57. The van der Waals surface area contributed by atoms with Crippen LogP contribution in [-0.4, -0.2) is 61.4 Å². The lowest BCUT2D eigenvalue weighted by Crippen LogP contribution is -2.89. The van der Waals surface area contributed by atoms with E-state index in [0.717, 1.165) is 17.7 Å². The van der Waals surface area contributed by atoms with Crippen LogP contribution in [0.4, 0.5) is 10.2 Å². The normalized spacial score (nSPS) is 18.7. The molecular formula is C23H31FN7O+. The van der Waals surface area contributed by atoms with Crippen molar-refractivity contribution in [2.24, 2.45) is 10.9 Å². The molecule has 170 valence electrons.